The Kier molecular flexibility index (Phi) is 11.1. The monoisotopic (exact) mass is 543 g/mol. The Morgan fingerprint density at radius 1 is 1.05 bits per heavy atom. The highest BCUT2D eigenvalue weighted by Gasteiger charge is 2.38. The van der Waals surface area contributed by atoms with E-state index in [9.17, 15) is 26.4 Å². The Bertz CT molecular complexity index is 1140. The number of halogens is 3. The summed E-state index contributed by atoms with van der Waals surface area (Å²) >= 11 is 0. The van der Waals surface area contributed by atoms with Crippen LogP contribution in [0.15, 0.2) is 54.6 Å². The van der Waals surface area contributed by atoms with E-state index in [0.29, 0.717) is 38.3 Å². The van der Waals surface area contributed by atoms with Gasteiger partial charge in [0.15, 0.2) is 0 Å². The number of benzene rings is 2. The number of alkyl halides is 3. The number of nitrogens with zero attached hydrogens (tertiary/aromatic N) is 2. The quantitative estimate of drug-likeness (QED) is 0.530. The van der Waals surface area contributed by atoms with E-state index in [-0.39, 0.29) is 24.1 Å². The van der Waals surface area contributed by atoms with Crippen LogP contribution in [0.25, 0.3) is 0 Å². The third-order valence-corrected chi connectivity index (χ3v) is 7.71. The van der Waals surface area contributed by atoms with Crippen LogP contribution >= 0.6 is 0 Å². The van der Waals surface area contributed by atoms with Crippen molar-refractivity contribution >= 4 is 21.9 Å². The van der Waals surface area contributed by atoms with Gasteiger partial charge in [-0.1, -0.05) is 55.5 Å². The van der Waals surface area contributed by atoms with Crippen molar-refractivity contribution in [3.05, 3.63) is 71.3 Å². The van der Waals surface area contributed by atoms with Crippen LogP contribution in [0.2, 0.25) is 0 Å². The number of aliphatic carboxylic acids is 1. The number of carboxylic acids is 1. The highest BCUT2D eigenvalue weighted by molar-refractivity contribution is 7.89. The highest BCUT2D eigenvalue weighted by Crippen LogP contribution is 2.19. The van der Waals surface area contributed by atoms with Crippen LogP contribution in [0.1, 0.15) is 34.3 Å². The van der Waals surface area contributed by atoms with Crippen molar-refractivity contribution in [2.75, 3.05) is 45.0 Å². The third kappa shape index (κ3) is 9.45. The van der Waals surface area contributed by atoms with Crippen LogP contribution in [0.3, 0.4) is 0 Å². The summed E-state index contributed by atoms with van der Waals surface area (Å²) in [6.45, 7) is 6.90. The molecule has 204 valence electrons. The van der Waals surface area contributed by atoms with Gasteiger partial charge in [-0.05, 0) is 30.0 Å². The first-order valence-electron chi connectivity index (χ1n) is 11.7. The number of rotatable bonds is 8. The molecule has 1 heterocycles. The molecule has 37 heavy (non-hydrogen) atoms. The number of nitrogens with one attached hydrogen (secondary N) is 1. The zero-order valence-electron chi connectivity index (χ0n) is 20.7. The molecule has 1 aliphatic heterocycles. The molecule has 0 spiro atoms. The van der Waals surface area contributed by atoms with Crippen LogP contribution in [0.4, 0.5) is 13.2 Å². The van der Waals surface area contributed by atoms with Crippen molar-refractivity contribution in [2.45, 2.75) is 25.9 Å². The van der Waals surface area contributed by atoms with Gasteiger partial charge in [0.1, 0.15) is 0 Å². The molecule has 2 aromatic rings. The fourth-order valence-corrected chi connectivity index (χ4v) is 5.20. The second-order valence-electron chi connectivity index (χ2n) is 8.65. The molecule has 0 saturated carbocycles. The maximum atomic E-state index is 13.3. The minimum Gasteiger partial charge on any atom is -0.475 e. The molecule has 0 radical (unpaired) electrons. The topological polar surface area (TPSA) is 107 Å². The standard InChI is InChI=1S/C23H31N3O3S.C2HF3O2/c1-19-8-6-7-11-22(19)23(27)25(18-20(2)21-9-4-3-5-10-21)16-17-30(28,29)26-14-12-24-13-15-26;3-2(4,5)1(6)7/h3-11,20,24H,12-18H2,1-2H3;(H,6,7). The number of hydrogen-bond donors (Lipinski definition) is 2. The van der Waals surface area contributed by atoms with Gasteiger partial charge in [-0.3, -0.25) is 4.79 Å². The summed E-state index contributed by atoms with van der Waals surface area (Å²) in [5.74, 6) is -2.84. The first-order chi connectivity index (χ1) is 17.3. The number of hydrogen-bond acceptors (Lipinski definition) is 5. The van der Waals surface area contributed by atoms with Gasteiger partial charge in [0.2, 0.25) is 10.0 Å². The highest BCUT2D eigenvalue weighted by atomic mass is 32.2. The number of carbonyl (C=O) groups excluding carboxylic acids is 1. The second-order valence-corrected chi connectivity index (χ2v) is 10.7. The average molecular weight is 544 g/mol. The van der Waals surface area contributed by atoms with Gasteiger partial charge in [0.25, 0.3) is 5.91 Å². The molecule has 8 nitrogen and oxygen atoms in total. The summed E-state index contributed by atoms with van der Waals surface area (Å²) in [6, 6.07) is 17.5. The van der Waals surface area contributed by atoms with E-state index in [1.807, 2.05) is 61.5 Å². The van der Waals surface area contributed by atoms with E-state index in [2.05, 4.69) is 12.2 Å². The minimum absolute atomic E-state index is 0.0634. The molecule has 2 aromatic carbocycles. The summed E-state index contributed by atoms with van der Waals surface area (Å²) in [6.07, 6.45) is -5.08. The summed E-state index contributed by atoms with van der Waals surface area (Å²) in [5, 5.41) is 10.3. The Balaban J connectivity index is 0.000000604. The van der Waals surface area contributed by atoms with Crippen molar-refractivity contribution in [2.24, 2.45) is 0 Å². The predicted molar refractivity (Wildman–Crippen MR) is 134 cm³/mol. The van der Waals surface area contributed by atoms with Crippen LogP contribution in [-0.2, 0) is 14.8 Å². The molecule has 12 heteroatoms. The molecular formula is C25H32F3N3O5S. The number of carboxylic acid groups (broad SMARTS) is 1. The maximum Gasteiger partial charge on any atom is 0.490 e. The second kappa shape index (κ2) is 13.5. The zero-order chi connectivity index (χ0) is 27.6. The minimum atomic E-state index is -5.08. The molecule has 1 atom stereocenters. The summed E-state index contributed by atoms with van der Waals surface area (Å²) < 4.78 is 58.9. The molecule has 2 N–H and O–H groups in total. The zero-order valence-corrected chi connectivity index (χ0v) is 21.6. The lowest BCUT2D eigenvalue weighted by molar-refractivity contribution is -0.192. The maximum absolute atomic E-state index is 13.3. The Labute approximate surface area is 215 Å². The molecule has 1 saturated heterocycles. The average Bonchev–Trinajstić information content (AvgIpc) is 2.87. The van der Waals surface area contributed by atoms with E-state index in [0.717, 1.165) is 11.1 Å². The molecule has 0 bridgehead atoms. The van der Waals surface area contributed by atoms with Crippen LogP contribution in [0.5, 0.6) is 0 Å². The first-order valence-corrected chi connectivity index (χ1v) is 13.3. The Hall–Kier alpha value is -2.96. The van der Waals surface area contributed by atoms with Gasteiger partial charge in [-0.15, -0.1) is 0 Å². The molecule has 0 aliphatic carbocycles. The van der Waals surface area contributed by atoms with Crippen molar-refractivity contribution in [3.8, 4) is 0 Å². The van der Waals surface area contributed by atoms with Gasteiger partial charge in [0, 0.05) is 44.8 Å². The molecule has 3 rings (SSSR count). The van der Waals surface area contributed by atoms with Crippen LogP contribution in [0, 0.1) is 6.92 Å². The van der Waals surface area contributed by atoms with Gasteiger partial charge in [-0.2, -0.15) is 17.5 Å². The van der Waals surface area contributed by atoms with Gasteiger partial charge in [0.05, 0.1) is 5.75 Å². The Morgan fingerprint density at radius 3 is 2.14 bits per heavy atom. The van der Waals surface area contributed by atoms with Crippen molar-refractivity contribution in [1.82, 2.24) is 14.5 Å². The lowest BCUT2D eigenvalue weighted by Crippen LogP contribution is -2.48. The van der Waals surface area contributed by atoms with Crippen molar-refractivity contribution in [3.63, 3.8) is 0 Å². The van der Waals surface area contributed by atoms with Gasteiger partial charge < -0.3 is 15.3 Å². The first kappa shape index (κ1) is 30.3. The fraction of sp³-hybridized carbons (Fsp3) is 0.440. The van der Waals surface area contributed by atoms with E-state index >= 15 is 0 Å². The summed E-state index contributed by atoms with van der Waals surface area (Å²) in [4.78, 5) is 23.9. The van der Waals surface area contributed by atoms with Crippen molar-refractivity contribution < 1.29 is 36.3 Å². The SMILES string of the molecule is Cc1ccccc1C(=O)N(CCS(=O)(=O)N1CCNCC1)CC(C)c1ccccc1.O=C(O)C(F)(F)F. The van der Waals surface area contributed by atoms with Gasteiger partial charge in [-0.25, -0.2) is 13.2 Å². The van der Waals surface area contributed by atoms with E-state index < -0.39 is 22.2 Å². The van der Waals surface area contributed by atoms with Crippen molar-refractivity contribution in [1.29, 1.82) is 0 Å². The number of sulfonamides is 1. The number of aryl methyl sites for hydroxylation is 1. The van der Waals surface area contributed by atoms with Gasteiger partial charge >= 0.3 is 12.1 Å². The molecular weight excluding hydrogens is 511 g/mol. The normalized spacial score (nSPS) is 15.3. The molecule has 1 aliphatic rings. The van der Waals surface area contributed by atoms with E-state index in [1.54, 1.807) is 4.90 Å². The third-order valence-electron chi connectivity index (χ3n) is 5.86. The lowest BCUT2D eigenvalue weighted by Gasteiger charge is -2.30. The van der Waals surface area contributed by atoms with E-state index in [4.69, 9.17) is 9.90 Å². The molecule has 0 aromatic heterocycles. The van der Waals surface area contributed by atoms with Crippen LogP contribution in [-0.4, -0.2) is 85.8 Å². The number of amides is 1. The predicted octanol–water partition coefficient (Wildman–Crippen LogP) is 3.11. The number of carbonyl (C=O) groups is 2. The lowest BCUT2D eigenvalue weighted by atomic mass is 10.00. The fourth-order valence-electron chi connectivity index (χ4n) is 3.75. The molecule has 1 fully saturated rings. The molecule has 1 amide bonds. The number of piperazine rings is 1. The Morgan fingerprint density at radius 2 is 1.59 bits per heavy atom. The summed E-state index contributed by atoms with van der Waals surface area (Å²) in [5.41, 5.74) is 2.65. The van der Waals surface area contributed by atoms with Crippen LogP contribution < -0.4 is 5.32 Å². The smallest absolute Gasteiger partial charge is 0.475 e. The largest absolute Gasteiger partial charge is 0.490 e. The van der Waals surface area contributed by atoms with E-state index in [1.165, 1.54) is 4.31 Å². The molecule has 1 unspecified atom stereocenters. The summed E-state index contributed by atoms with van der Waals surface area (Å²) in [7, 11) is -3.41.